The van der Waals surface area contributed by atoms with Gasteiger partial charge in [0.1, 0.15) is 0 Å². The van der Waals surface area contributed by atoms with E-state index < -0.39 is 10.0 Å². The van der Waals surface area contributed by atoms with Gasteiger partial charge < -0.3 is 15.5 Å². The number of amides is 2. The summed E-state index contributed by atoms with van der Waals surface area (Å²) in [5.41, 5.74) is 2.16. The van der Waals surface area contributed by atoms with E-state index in [1.54, 1.807) is 45.6 Å². The Balaban J connectivity index is 1.29. The topological polar surface area (TPSA) is 98.8 Å². The van der Waals surface area contributed by atoms with Crippen LogP contribution in [0.5, 0.6) is 0 Å². The lowest BCUT2D eigenvalue weighted by atomic mass is 10.2. The van der Waals surface area contributed by atoms with Crippen molar-refractivity contribution in [2.24, 2.45) is 0 Å². The second kappa shape index (κ2) is 10.4. The van der Waals surface area contributed by atoms with Gasteiger partial charge in [-0.2, -0.15) is 4.31 Å². The number of hydrogen-bond acceptors (Lipinski definition) is 5. The molecular formula is C24H30N4O4S. The fourth-order valence-electron chi connectivity index (χ4n) is 4.21. The Morgan fingerprint density at radius 2 is 1.45 bits per heavy atom. The smallest absolute Gasteiger partial charge is 0.243 e. The Kier molecular flexibility index (Phi) is 7.29. The zero-order valence-electron chi connectivity index (χ0n) is 18.6. The molecule has 0 unspecified atom stereocenters. The summed E-state index contributed by atoms with van der Waals surface area (Å²) in [6.45, 7) is 1.91. The molecule has 2 aliphatic rings. The number of benzene rings is 2. The molecule has 2 fully saturated rings. The van der Waals surface area contributed by atoms with E-state index in [-0.39, 0.29) is 23.3 Å². The molecule has 2 amide bonds. The molecule has 0 aromatic heterocycles. The van der Waals surface area contributed by atoms with Crippen LogP contribution in [0.4, 0.5) is 17.1 Å². The first-order valence-corrected chi connectivity index (χ1v) is 12.9. The summed E-state index contributed by atoms with van der Waals surface area (Å²) in [6, 6.07) is 13.7. The van der Waals surface area contributed by atoms with Gasteiger partial charge >= 0.3 is 0 Å². The summed E-state index contributed by atoms with van der Waals surface area (Å²) in [7, 11) is -3.49. The molecule has 2 aromatic carbocycles. The van der Waals surface area contributed by atoms with Crippen molar-refractivity contribution >= 4 is 38.9 Å². The van der Waals surface area contributed by atoms with Crippen molar-refractivity contribution in [3.63, 3.8) is 0 Å². The highest BCUT2D eigenvalue weighted by Gasteiger charge is 2.25. The average molecular weight is 471 g/mol. The van der Waals surface area contributed by atoms with Gasteiger partial charge in [0.2, 0.25) is 21.8 Å². The number of nitrogens with one attached hydrogen (secondary N) is 2. The number of carbonyl (C=O) groups excluding carboxylic acids is 2. The van der Waals surface area contributed by atoms with Crippen LogP contribution in [0.3, 0.4) is 0 Å². The van der Waals surface area contributed by atoms with E-state index in [0.29, 0.717) is 30.9 Å². The summed E-state index contributed by atoms with van der Waals surface area (Å²) < 4.78 is 27.3. The maximum atomic E-state index is 12.9. The van der Waals surface area contributed by atoms with E-state index in [0.717, 1.165) is 44.3 Å². The van der Waals surface area contributed by atoms with E-state index in [1.165, 1.54) is 0 Å². The molecule has 9 heteroatoms. The first-order chi connectivity index (χ1) is 15.9. The molecule has 4 rings (SSSR count). The molecule has 0 atom stereocenters. The highest BCUT2D eigenvalue weighted by molar-refractivity contribution is 7.89. The summed E-state index contributed by atoms with van der Waals surface area (Å²) in [5.74, 6) is -0.0949. The molecule has 2 saturated heterocycles. The number of hydrogen-bond donors (Lipinski definition) is 2. The molecule has 2 aromatic rings. The van der Waals surface area contributed by atoms with Gasteiger partial charge in [-0.25, -0.2) is 8.42 Å². The quantitative estimate of drug-likeness (QED) is 0.646. The van der Waals surface area contributed by atoms with Gasteiger partial charge in [0.25, 0.3) is 0 Å². The van der Waals surface area contributed by atoms with Crippen molar-refractivity contribution in [2.75, 3.05) is 41.7 Å². The molecule has 2 N–H and O–H groups in total. The molecule has 2 aliphatic heterocycles. The minimum absolute atomic E-state index is 0.0462. The maximum Gasteiger partial charge on any atom is 0.243 e. The number of anilines is 3. The molecule has 2 heterocycles. The van der Waals surface area contributed by atoms with Gasteiger partial charge in [-0.1, -0.05) is 12.8 Å². The predicted octanol–water partition coefficient (Wildman–Crippen LogP) is 3.43. The third-order valence-corrected chi connectivity index (χ3v) is 7.96. The lowest BCUT2D eigenvalue weighted by molar-refractivity contribution is -0.117. The molecule has 176 valence electrons. The fourth-order valence-corrected chi connectivity index (χ4v) is 5.73. The Hall–Kier alpha value is -2.91. The van der Waals surface area contributed by atoms with Gasteiger partial charge in [-0.3, -0.25) is 9.59 Å². The standard InChI is InChI=1S/C24H30N4O4S/c29-23(26-20-7-11-21(12-8-20)28-17-5-6-24(28)30)18-25-19-9-13-22(14-10-19)33(31,32)27-15-3-1-2-4-16-27/h7-14,25H,1-6,15-18H2,(H,26,29). The number of nitrogens with zero attached hydrogens (tertiary/aromatic N) is 2. The van der Waals surface area contributed by atoms with Crippen LogP contribution in [0.2, 0.25) is 0 Å². The predicted molar refractivity (Wildman–Crippen MR) is 129 cm³/mol. The highest BCUT2D eigenvalue weighted by Crippen LogP contribution is 2.24. The molecule has 0 bridgehead atoms. The number of carbonyl (C=O) groups is 2. The van der Waals surface area contributed by atoms with Crippen LogP contribution in [0, 0.1) is 0 Å². The molecule has 0 spiro atoms. The average Bonchev–Trinajstić information content (AvgIpc) is 3.06. The second-order valence-electron chi connectivity index (χ2n) is 8.44. The molecule has 0 radical (unpaired) electrons. The Bertz CT molecular complexity index is 1080. The van der Waals surface area contributed by atoms with Crippen molar-refractivity contribution in [1.29, 1.82) is 0 Å². The van der Waals surface area contributed by atoms with Gasteiger partial charge in [-0.05, 0) is 67.8 Å². The summed E-state index contributed by atoms with van der Waals surface area (Å²) in [6.07, 6.45) is 5.38. The van der Waals surface area contributed by atoms with Crippen LogP contribution >= 0.6 is 0 Å². The largest absolute Gasteiger partial charge is 0.376 e. The van der Waals surface area contributed by atoms with Crippen molar-refractivity contribution in [2.45, 2.75) is 43.4 Å². The summed E-state index contributed by atoms with van der Waals surface area (Å²) >= 11 is 0. The molecule has 0 aliphatic carbocycles. The van der Waals surface area contributed by atoms with Gasteiger partial charge in [0, 0.05) is 43.1 Å². The Labute approximate surface area is 195 Å². The van der Waals surface area contributed by atoms with Crippen LogP contribution in [0.15, 0.2) is 53.4 Å². The van der Waals surface area contributed by atoms with E-state index in [1.807, 2.05) is 12.1 Å². The highest BCUT2D eigenvalue weighted by atomic mass is 32.2. The van der Waals surface area contributed by atoms with Crippen LogP contribution in [0.25, 0.3) is 0 Å². The number of sulfonamides is 1. The van der Waals surface area contributed by atoms with Crippen LogP contribution in [-0.4, -0.2) is 50.7 Å². The molecule has 33 heavy (non-hydrogen) atoms. The first-order valence-electron chi connectivity index (χ1n) is 11.5. The lowest BCUT2D eigenvalue weighted by Crippen LogP contribution is -2.31. The Morgan fingerprint density at radius 1 is 0.818 bits per heavy atom. The van der Waals surface area contributed by atoms with Crippen molar-refractivity contribution < 1.29 is 18.0 Å². The minimum Gasteiger partial charge on any atom is -0.376 e. The van der Waals surface area contributed by atoms with Crippen molar-refractivity contribution in [3.8, 4) is 0 Å². The SMILES string of the molecule is O=C(CNc1ccc(S(=O)(=O)N2CCCCCC2)cc1)Nc1ccc(N2CCCC2=O)cc1. The van der Waals surface area contributed by atoms with Crippen LogP contribution in [-0.2, 0) is 19.6 Å². The molecule has 0 saturated carbocycles. The third kappa shape index (κ3) is 5.72. The number of rotatable bonds is 7. The zero-order valence-corrected chi connectivity index (χ0v) is 19.4. The van der Waals surface area contributed by atoms with Crippen LogP contribution in [0.1, 0.15) is 38.5 Å². The van der Waals surface area contributed by atoms with E-state index in [4.69, 9.17) is 0 Å². The Morgan fingerprint density at radius 3 is 2.06 bits per heavy atom. The molecular weight excluding hydrogens is 440 g/mol. The summed E-state index contributed by atoms with van der Waals surface area (Å²) in [4.78, 5) is 26.2. The fraction of sp³-hybridized carbons (Fsp3) is 0.417. The van der Waals surface area contributed by atoms with Gasteiger partial charge in [-0.15, -0.1) is 0 Å². The summed E-state index contributed by atoms with van der Waals surface area (Å²) in [5, 5.41) is 5.84. The maximum absolute atomic E-state index is 12.9. The second-order valence-corrected chi connectivity index (χ2v) is 10.4. The minimum atomic E-state index is -3.49. The zero-order chi connectivity index (χ0) is 23.3. The van der Waals surface area contributed by atoms with Crippen molar-refractivity contribution in [3.05, 3.63) is 48.5 Å². The van der Waals surface area contributed by atoms with E-state index >= 15 is 0 Å². The third-order valence-electron chi connectivity index (χ3n) is 6.05. The van der Waals surface area contributed by atoms with Crippen molar-refractivity contribution in [1.82, 2.24) is 4.31 Å². The van der Waals surface area contributed by atoms with Crippen LogP contribution < -0.4 is 15.5 Å². The molecule has 8 nitrogen and oxygen atoms in total. The lowest BCUT2D eigenvalue weighted by Gasteiger charge is -2.20. The first kappa shape index (κ1) is 23.3. The van der Waals surface area contributed by atoms with Gasteiger partial charge in [0.05, 0.1) is 11.4 Å². The normalized spacial score (nSPS) is 17.6. The monoisotopic (exact) mass is 470 g/mol. The van der Waals surface area contributed by atoms with E-state index in [9.17, 15) is 18.0 Å². The van der Waals surface area contributed by atoms with Gasteiger partial charge in [0.15, 0.2) is 0 Å². The van der Waals surface area contributed by atoms with E-state index in [2.05, 4.69) is 10.6 Å².